The van der Waals surface area contributed by atoms with Gasteiger partial charge in [0.25, 0.3) is 0 Å². The minimum atomic E-state index is -3.24. The summed E-state index contributed by atoms with van der Waals surface area (Å²) in [5.74, 6) is 0.237. The number of hydrogen-bond donors (Lipinski definition) is 0. The first kappa shape index (κ1) is 13.2. The number of Topliss-reactive ketones (excluding diaryl/α,β-unsaturated/α-hetero) is 1. The monoisotopic (exact) mass is 268 g/mol. The summed E-state index contributed by atoms with van der Waals surface area (Å²) in [6.07, 6.45) is 4.47. The molecule has 0 bridgehead atoms. The van der Waals surface area contributed by atoms with Crippen molar-refractivity contribution in [1.82, 2.24) is 9.29 Å². The summed E-state index contributed by atoms with van der Waals surface area (Å²) in [6.45, 7) is 0.662. The van der Waals surface area contributed by atoms with E-state index >= 15 is 0 Å². The molecule has 1 aromatic rings. The van der Waals surface area contributed by atoms with Crippen LogP contribution in [0, 0.1) is 0 Å². The van der Waals surface area contributed by atoms with Gasteiger partial charge in [-0.3, -0.25) is 9.78 Å². The van der Waals surface area contributed by atoms with E-state index < -0.39 is 10.0 Å². The molecule has 0 atom stereocenters. The van der Waals surface area contributed by atoms with Crippen LogP contribution in [0.4, 0.5) is 0 Å². The van der Waals surface area contributed by atoms with Gasteiger partial charge in [0.15, 0.2) is 0 Å². The normalized spacial score (nSPS) is 17.9. The molecule has 0 aliphatic carbocycles. The fourth-order valence-electron chi connectivity index (χ4n) is 1.94. The molecule has 1 fully saturated rings. The van der Waals surface area contributed by atoms with Crippen LogP contribution in [0.3, 0.4) is 0 Å². The number of sulfonamides is 1. The lowest BCUT2D eigenvalue weighted by molar-refractivity contribution is -0.120. The molecule has 0 unspecified atom stereocenters. The second kappa shape index (κ2) is 5.58. The van der Waals surface area contributed by atoms with Crippen LogP contribution < -0.4 is 0 Å². The SMILES string of the molecule is O=C1CCN(S(=O)(=O)CCc2ccncc2)CC1. The molecule has 98 valence electrons. The fraction of sp³-hybridized carbons (Fsp3) is 0.500. The van der Waals surface area contributed by atoms with E-state index in [9.17, 15) is 13.2 Å². The van der Waals surface area contributed by atoms with E-state index in [-0.39, 0.29) is 11.5 Å². The largest absolute Gasteiger partial charge is 0.300 e. The van der Waals surface area contributed by atoms with Crippen LogP contribution in [0.2, 0.25) is 0 Å². The highest BCUT2D eigenvalue weighted by Gasteiger charge is 2.26. The standard InChI is InChI=1S/C12H16N2O3S/c15-12-3-8-14(9-4-12)18(16,17)10-5-11-1-6-13-7-2-11/h1-2,6-7H,3-5,8-10H2. The zero-order valence-electron chi connectivity index (χ0n) is 10.1. The van der Waals surface area contributed by atoms with Crippen molar-refractivity contribution < 1.29 is 13.2 Å². The maximum atomic E-state index is 12.1. The first-order valence-electron chi connectivity index (χ1n) is 5.96. The lowest BCUT2D eigenvalue weighted by atomic mass is 10.1. The zero-order chi connectivity index (χ0) is 13.0. The molecule has 1 aliphatic heterocycles. The van der Waals surface area contributed by atoms with Crippen molar-refractivity contribution in [3.63, 3.8) is 0 Å². The number of rotatable bonds is 4. The maximum absolute atomic E-state index is 12.1. The highest BCUT2D eigenvalue weighted by molar-refractivity contribution is 7.89. The average Bonchev–Trinajstić information content (AvgIpc) is 2.38. The van der Waals surface area contributed by atoms with E-state index in [1.54, 1.807) is 12.4 Å². The highest BCUT2D eigenvalue weighted by atomic mass is 32.2. The van der Waals surface area contributed by atoms with Gasteiger partial charge in [-0.1, -0.05) is 0 Å². The summed E-state index contributed by atoms with van der Waals surface area (Å²) in [6, 6.07) is 3.63. The van der Waals surface area contributed by atoms with Gasteiger partial charge in [-0.2, -0.15) is 0 Å². The van der Waals surface area contributed by atoms with Crippen molar-refractivity contribution in [2.24, 2.45) is 0 Å². The van der Waals surface area contributed by atoms with E-state index in [0.29, 0.717) is 32.4 Å². The predicted molar refractivity (Wildman–Crippen MR) is 67.5 cm³/mol. The maximum Gasteiger partial charge on any atom is 0.214 e. The van der Waals surface area contributed by atoms with Crippen molar-refractivity contribution in [1.29, 1.82) is 0 Å². The second-order valence-corrected chi connectivity index (χ2v) is 6.45. The molecule has 0 spiro atoms. The van der Waals surface area contributed by atoms with E-state index in [2.05, 4.69) is 4.98 Å². The number of carbonyl (C=O) groups excluding carboxylic acids is 1. The van der Waals surface area contributed by atoms with Gasteiger partial charge in [0.1, 0.15) is 5.78 Å². The van der Waals surface area contributed by atoms with Crippen LogP contribution in [-0.4, -0.2) is 42.3 Å². The Bertz CT molecular complexity index is 503. The Morgan fingerprint density at radius 1 is 1.17 bits per heavy atom. The molecule has 1 aromatic heterocycles. The second-order valence-electron chi connectivity index (χ2n) is 4.36. The molecule has 2 heterocycles. The van der Waals surface area contributed by atoms with E-state index in [1.807, 2.05) is 12.1 Å². The number of nitrogens with zero attached hydrogens (tertiary/aromatic N) is 2. The predicted octanol–water partition coefficient (Wildman–Crippen LogP) is 0.619. The van der Waals surface area contributed by atoms with Crippen molar-refractivity contribution >= 4 is 15.8 Å². The molecule has 0 aromatic carbocycles. The van der Waals surface area contributed by atoms with Crippen molar-refractivity contribution in [2.75, 3.05) is 18.8 Å². The Kier molecular flexibility index (Phi) is 4.08. The molecule has 18 heavy (non-hydrogen) atoms. The first-order valence-corrected chi connectivity index (χ1v) is 7.57. The lowest BCUT2D eigenvalue weighted by Gasteiger charge is -2.25. The van der Waals surface area contributed by atoms with Crippen molar-refractivity contribution in [3.8, 4) is 0 Å². The summed E-state index contributed by atoms with van der Waals surface area (Å²) in [5, 5.41) is 0. The van der Waals surface area contributed by atoms with Gasteiger partial charge >= 0.3 is 0 Å². The van der Waals surface area contributed by atoms with Gasteiger partial charge in [-0.15, -0.1) is 0 Å². The molecular formula is C12H16N2O3S. The zero-order valence-corrected chi connectivity index (χ0v) is 10.9. The van der Waals surface area contributed by atoms with Crippen LogP contribution >= 0.6 is 0 Å². The van der Waals surface area contributed by atoms with E-state index in [0.717, 1.165) is 5.56 Å². The summed E-state index contributed by atoms with van der Waals surface area (Å²) in [7, 11) is -3.24. The quantitative estimate of drug-likeness (QED) is 0.803. The topological polar surface area (TPSA) is 67.3 Å². The number of aromatic nitrogens is 1. The van der Waals surface area contributed by atoms with Crippen LogP contribution in [-0.2, 0) is 21.2 Å². The van der Waals surface area contributed by atoms with Gasteiger partial charge in [-0.05, 0) is 24.1 Å². The smallest absolute Gasteiger partial charge is 0.214 e. The number of pyridine rings is 1. The Morgan fingerprint density at radius 2 is 1.78 bits per heavy atom. The third kappa shape index (κ3) is 3.36. The summed E-state index contributed by atoms with van der Waals surface area (Å²) in [4.78, 5) is 15.0. The van der Waals surface area contributed by atoms with E-state index in [4.69, 9.17) is 0 Å². The summed E-state index contributed by atoms with van der Waals surface area (Å²) < 4.78 is 25.6. The van der Waals surface area contributed by atoms with Gasteiger partial charge in [0.05, 0.1) is 5.75 Å². The Labute approximate surface area is 107 Å². The number of piperidine rings is 1. The highest BCUT2D eigenvalue weighted by Crippen LogP contribution is 2.12. The van der Waals surface area contributed by atoms with Gasteiger partial charge in [0, 0.05) is 38.3 Å². The number of hydrogen-bond acceptors (Lipinski definition) is 4. The van der Waals surface area contributed by atoms with Gasteiger partial charge < -0.3 is 0 Å². The molecule has 6 heteroatoms. The van der Waals surface area contributed by atoms with Crippen LogP contribution in [0.15, 0.2) is 24.5 Å². The van der Waals surface area contributed by atoms with Gasteiger partial charge in [-0.25, -0.2) is 12.7 Å². The molecule has 0 N–H and O–H groups in total. The summed E-state index contributed by atoms with van der Waals surface area (Å²) >= 11 is 0. The molecule has 0 amide bonds. The molecule has 1 saturated heterocycles. The Balaban J connectivity index is 1.93. The fourth-order valence-corrected chi connectivity index (χ4v) is 3.43. The third-order valence-corrected chi connectivity index (χ3v) is 4.94. The van der Waals surface area contributed by atoms with Gasteiger partial charge in [0.2, 0.25) is 10.0 Å². The van der Waals surface area contributed by atoms with Crippen molar-refractivity contribution in [2.45, 2.75) is 19.3 Å². The lowest BCUT2D eigenvalue weighted by Crippen LogP contribution is -2.40. The molecule has 0 radical (unpaired) electrons. The Hall–Kier alpha value is -1.27. The minimum absolute atomic E-state index is 0.0885. The van der Waals surface area contributed by atoms with Crippen molar-refractivity contribution in [3.05, 3.63) is 30.1 Å². The third-order valence-electron chi connectivity index (χ3n) is 3.07. The van der Waals surface area contributed by atoms with E-state index in [1.165, 1.54) is 4.31 Å². The molecule has 1 aliphatic rings. The average molecular weight is 268 g/mol. The summed E-state index contributed by atoms with van der Waals surface area (Å²) in [5.41, 5.74) is 0.960. The van der Waals surface area contributed by atoms with Crippen LogP contribution in [0.5, 0.6) is 0 Å². The van der Waals surface area contributed by atoms with Crippen LogP contribution in [0.1, 0.15) is 18.4 Å². The first-order chi connectivity index (χ1) is 8.58. The molecule has 5 nitrogen and oxygen atoms in total. The molecular weight excluding hydrogens is 252 g/mol. The number of aryl methyl sites for hydroxylation is 1. The Morgan fingerprint density at radius 3 is 2.39 bits per heavy atom. The number of ketones is 1. The molecule has 0 saturated carbocycles. The van der Waals surface area contributed by atoms with Crippen LogP contribution in [0.25, 0.3) is 0 Å². The minimum Gasteiger partial charge on any atom is -0.300 e. The molecule has 2 rings (SSSR count). The number of carbonyl (C=O) groups is 1.